The summed E-state index contributed by atoms with van der Waals surface area (Å²) < 4.78 is 19.1. The van der Waals surface area contributed by atoms with E-state index in [0.717, 1.165) is 0 Å². The van der Waals surface area contributed by atoms with Crippen molar-refractivity contribution in [2.45, 2.75) is 33.1 Å². The Morgan fingerprint density at radius 2 is 1.94 bits per heavy atom. The summed E-state index contributed by atoms with van der Waals surface area (Å²) in [5.74, 6) is 0.668. The Morgan fingerprint density at radius 3 is 2.47 bits per heavy atom. The number of nitrogens with zero attached hydrogens (tertiary/aromatic N) is 2. The summed E-state index contributed by atoms with van der Waals surface area (Å²) in [6.07, 6.45) is 0. The quantitative estimate of drug-likeness (QED) is 0.758. The van der Waals surface area contributed by atoms with Crippen molar-refractivity contribution in [2.75, 3.05) is 0 Å². The number of benzene rings is 1. The fourth-order valence-corrected chi connectivity index (χ4v) is 1.87. The lowest BCUT2D eigenvalue weighted by Crippen LogP contribution is -2.15. The molecule has 1 aromatic carbocycles. The van der Waals surface area contributed by atoms with Crippen LogP contribution in [0.2, 0.25) is 0 Å². The van der Waals surface area contributed by atoms with Gasteiger partial charge in [-0.2, -0.15) is 4.98 Å². The lowest BCUT2D eigenvalue weighted by atomic mass is 9.83. The van der Waals surface area contributed by atoms with Gasteiger partial charge in [0.2, 0.25) is 0 Å². The van der Waals surface area contributed by atoms with Gasteiger partial charge in [-0.3, -0.25) is 0 Å². The van der Waals surface area contributed by atoms with Crippen LogP contribution in [0.5, 0.6) is 0 Å². The molecule has 0 radical (unpaired) electrons. The van der Waals surface area contributed by atoms with Gasteiger partial charge in [-0.1, -0.05) is 32.0 Å². The molecule has 1 aromatic heterocycles. The normalized spacial score (nSPS) is 11.8. The minimum absolute atomic E-state index is 0.245. The first-order valence-corrected chi connectivity index (χ1v) is 5.49. The molecule has 0 aliphatic carbocycles. The summed E-state index contributed by atoms with van der Waals surface area (Å²) >= 11 is 0. The predicted molar refractivity (Wildman–Crippen MR) is 63.1 cm³/mol. The van der Waals surface area contributed by atoms with Gasteiger partial charge in [-0.25, -0.2) is 4.39 Å². The van der Waals surface area contributed by atoms with Crippen LogP contribution in [0.3, 0.4) is 0 Å². The molecule has 0 spiro atoms. The lowest BCUT2D eigenvalue weighted by Gasteiger charge is -2.22. The molecule has 0 saturated heterocycles. The second kappa shape index (κ2) is 3.95. The van der Waals surface area contributed by atoms with Crippen LogP contribution in [-0.4, -0.2) is 10.1 Å². The van der Waals surface area contributed by atoms with E-state index in [1.54, 1.807) is 19.1 Å². The Hall–Kier alpha value is -1.71. The smallest absolute Gasteiger partial charge is 0.258 e. The number of halogens is 1. The molecule has 1 heterocycles. The molecule has 0 saturated carbocycles. The van der Waals surface area contributed by atoms with Crippen LogP contribution in [-0.2, 0) is 5.41 Å². The zero-order valence-corrected chi connectivity index (χ0v) is 10.4. The number of hydrogen-bond donors (Lipinski definition) is 0. The molecule has 3 nitrogen and oxygen atoms in total. The molecular weight excluding hydrogens is 219 g/mol. The molecule has 17 heavy (non-hydrogen) atoms. The maximum atomic E-state index is 13.9. The third-order valence-corrected chi connectivity index (χ3v) is 2.52. The average molecular weight is 234 g/mol. The number of aryl methyl sites for hydroxylation is 1. The Kier molecular flexibility index (Phi) is 2.73. The summed E-state index contributed by atoms with van der Waals surface area (Å²) in [5.41, 5.74) is 0.949. The fraction of sp³-hybridized carbons (Fsp3) is 0.385. The van der Waals surface area contributed by atoms with Crippen molar-refractivity contribution in [1.82, 2.24) is 10.1 Å². The van der Waals surface area contributed by atoms with Gasteiger partial charge in [0.1, 0.15) is 5.82 Å². The Labute approximate surface area is 99.7 Å². The topological polar surface area (TPSA) is 38.9 Å². The summed E-state index contributed by atoms with van der Waals surface area (Å²) in [4.78, 5) is 4.15. The number of aromatic nitrogens is 2. The first-order valence-electron chi connectivity index (χ1n) is 5.49. The van der Waals surface area contributed by atoms with E-state index in [-0.39, 0.29) is 11.2 Å². The van der Waals surface area contributed by atoms with Crippen molar-refractivity contribution in [1.29, 1.82) is 0 Å². The molecule has 2 rings (SSSR count). The van der Waals surface area contributed by atoms with E-state index >= 15 is 0 Å². The molecule has 0 unspecified atom stereocenters. The monoisotopic (exact) mass is 234 g/mol. The van der Waals surface area contributed by atoms with E-state index in [2.05, 4.69) is 10.1 Å². The molecule has 90 valence electrons. The number of hydrogen-bond acceptors (Lipinski definition) is 3. The summed E-state index contributed by atoms with van der Waals surface area (Å²) in [6, 6.07) is 4.91. The van der Waals surface area contributed by atoms with Crippen LogP contribution >= 0.6 is 0 Å². The highest BCUT2D eigenvalue weighted by Crippen LogP contribution is 2.34. The van der Waals surface area contributed by atoms with Gasteiger partial charge < -0.3 is 4.52 Å². The highest BCUT2D eigenvalue weighted by Gasteiger charge is 2.25. The van der Waals surface area contributed by atoms with Crippen LogP contribution in [0.4, 0.5) is 4.39 Å². The van der Waals surface area contributed by atoms with Crippen LogP contribution in [0.15, 0.2) is 22.7 Å². The molecule has 0 aliphatic rings. The zero-order valence-electron chi connectivity index (χ0n) is 10.4. The van der Waals surface area contributed by atoms with Gasteiger partial charge in [0, 0.05) is 11.1 Å². The van der Waals surface area contributed by atoms with Crippen LogP contribution in [0.25, 0.3) is 11.5 Å². The molecule has 0 aliphatic heterocycles. The van der Waals surface area contributed by atoms with Gasteiger partial charge >= 0.3 is 0 Å². The highest BCUT2D eigenvalue weighted by molar-refractivity contribution is 5.60. The SMILES string of the molecule is Cc1noc(-c2cccc(F)c2C(C)(C)C)n1. The van der Waals surface area contributed by atoms with Crippen molar-refractivity contribution in [2.24, 2.45) is 0 Å². The van der Waals surface area contributed by atoms with E-state index in [1.807, 2.05) is 20.8 Å². The maximum absolute atomic E-state index is 13.9. The highest BCUT2D eigenvalue weighted by atomic mass is 19.1. The molecular formula is C13H15FN2O. The van der Waals surface area contributed by atoms with E-state index in [1.165, 1.54) is 6.07 Å². The zero-order chi connectivity index (χ0) is 12.6. The van der Waals surface area contributed by atoms with Crippen molar-refractivity contribution in [3.63, 3.8) is 0 Å². The third-order valence-electron chi connectivity index (χ3n) is 2.52. The predicted octanol–water partition coefficient (Wildman–Crippen LogP) is 3.48. The van der Waals surface area contributed by atoms with E-state index < -0.39 is 0 Å². The van der Waals surface area contributed by atoms with Crippen molar-refractivity contribution in [3.05, 3.63) is 35.4 Å². The van der Waals surface area contributed by atoms with Gasteiger partial charge in [0.05, 0.1) is 0 Å². The van der Waals surface area contributed by atoms with Crippen LogP contribution < -0.4 is 0 Å². The Balaban J connectivity index is 2.66. The van der Waals surface area contributed by atoms with Crippen molar-refractivity contribution in [3.8, 4) is 11.5 Å². The molecule has 2 aromatic rings. The fourth-order valence-electron chi connectivity index (χ4n) is 1.87. The average Bonchev–Trinajstić information content (AvgIpc) is 2.62. The summed E-state index contributed by atoms with van der Waals surface area (Å²) in [7, 11) is 0. The van der Waals surface area contributed by atoms with E-state index in [0.29, 0.717) is 22.8 Å². The lowest BCUT2D eigenvalue weighted by molar-refractivity contribution is 0.423. The number of rotatable bonds is 1. The Morgan fingerprint density at radius 1 is 1.24 bits per heavy atom. The van der Waals surface area contributed by atoms with E-state index in [9.17, 15) is 4.39 Å². The molecule has 4 heteroatoms. The molecule has 0 N–H and O–H groups in total. The molecule has 0 atom stereocenters. The van der Waals surface area contributed by atoms with Gasteiger partial charge in [0.15, 0.2) is 5.82 Å². The van der Waals surface area contributed by atoms with Crippen molar-refractivity contribution < 1.29 is 8.91 Å². The molecule has 0 bridgehead atoms. The van der Waals surface area contributed by atoms with Gasteiger partial charge in [0.25, 0.3) is 5.89 Å². The van der Waals surface area contributed by atoms with Crippen LogP contribution in [0, 0.1) is 12.7 Å². The van der Waals surface area contributed by atoms with Gasteiger partial charge in [-0.05, 0) is 24.5 Å². The minimum atomic E-state index is -0.316. The largest absolute Gasteiger partial charge is 0.334 e. The van der Waals surface area contributed by atoms with E-state index in [4.69, 9.17) is 4.52 Å². The second-order valence-corrected chi connectivity index (χ2v) is 5.06. The molecule has 0 fully saturated rings. The van der Waals surface area contributed by atoms with Crippen LogP contribution in [0.1, 0.15) is 32.2 Å². The second-order valence-electron chi connectivity index (χ2n) is 5.06. The molecule has 0 amide bonds. The first kappa shape index (κ1) is 11.8. The first-order chi connectivity index (χ1) is 7.89. The van der Waals surface area contributed by atoms with Gasteiger partial charge in [-0.15, -0.1) is 0 Å². The van der Waals surface area contributed by atoms with Crippen molar-refractivity contribution >= 4 is 0 Å². The standard InChI is InChI=1S/C13H15FN2O/c1-8-15-12(17-16-8)9-6-5-7-10(14)11(9)13(2,3)4/h5-7H,1-4H3. The summed E-state index contributed by atoms with van der Waals surface area (Å²) in [5, 5.41) is 3.74. The maximum Gasteiger partial charge on any atom is 0.258 e. The summed E-state index contributed by atoms with van der Waals surface area (Å²) in [6.45, 7) is 7.61. The Bertz CT molecular complexity index is 541. The minimum Gasteiger partial charge on any atom is -0.334 e. The third kappa shape index (κ3) is 2.20.